The van der Waals surface area contributed by atoms with Crippen LogP contribution in [0.25, 0.3) is 10.9 Å². The van der Waals surface area contributed by atoms with E-state index in [-0.39, 0.29) is 24.5 Å². The van der Waals surface area contributed by atoms with Crippen LogP contribution in [-0.2, 0) is 11.8 Å². The largest absolute Gasteiger partial charge is 0.454 e. The Balaban J connectivity index is 1.46. The standard InChI is InChI=1S/C24H26N4O4/c1-14(2)22(26-23(29)16-9-10-20-21(11-16)32-13-31-20)24(30)27-25-12-18-15(3)28(4)19-8-6-5-7-17(18)19/h5-12,14,22H,13H2,1-4H3,(H,26,29)(H,27,30)/b25-12+/t22-/m0/s1. The van der Waals surface area contributed by atoms with Gasteiger partial charge in [-0.2, -0.15) is 5.10 Å². The number of fused-ring (bicyclic) bond motifs is 2. The minimum atomic E-state index is -0.751. The lowest BCUT2D eigenvalue weighted by atomic mass is 10.0. The molecule has 166 valence electrons. The zero-order valence-corrected chi connectivity index (χ0v) is 18.5. The molecule has 0 aliphatic carbocycles. The molecule has 8 heteroatoms. The second kappa shape index (κ2) is 8.74. The minimum Gasteiger partial charge on any atom is -0.454 e. The van der Waals surface area contributed by atoms with Gasteiger partial charge in [-0.05, 0) is 37.1 Å². The highest BCUT2D eigenvalue weighted by molar-refractivity contribution is 6.02. The fourth-order valence-corrected chi connectivity index (χ4v) is 3.74. The van der Waals surface area contributed by atoms with E-state index in [4.69, 9.17) is 9.47 Å². The SMILES string of the molecule is Cc1c(/C=N/NC(=O)[C@@H](NC(=O)c2ccc3c(c2)OCO3)C(C)C)c2ccccc2n1C. The normalized spacial score (nSPS) is 13.7. The Morgan fingerprint density at radius 2 is 1.88 bits per heavy atom. The summed E-state index contributed by atoms with van der Waals surface area (Å²) in [5.41, 5.74) is 6.04. The van der Waals surface area contributed by atoms with E-state index in [2.05, 4.69) is 20.4 Å². The molecule has 32 heavy (non-hydrogen) atoms. The summed E-state index contributed by atoms with van der Waals surface area (Å²) in [6.07, 6.45) is 1.65. The number of hydrogen-bond donors (Lipinski definition) is 2. The molecule has 0 spiro atoms. The molecule has 0 fully saturated rings. The summed E-state index contributed by atoms with van der Waals surface area (Å²) in [6.45, 7) is 5.86. The molecule has 2 N–H and O–H groups in total. The molecule has 3 aromatic rings. The number of aromatic nitrogens is 1. The first kappa shape index (κ1) is 21.4. The van der Waals surface area contributed by atoms with Gasteiger partial charge in [0.25, 0.3) is 11.8 Å². The van der Waals surface area contributed by atoms with Gasteiger partial charge in [0.1, 0.15) is 6.04 Å². The molecule has 0 bridgehead atoms. The highest BCUT2D eigenvalue weighted by Crippen LogP contribution is 2.32. The first-order valence-corrected chi connectivity index (χ1v) is 10.4. The van der Waals surface area contributed by atoms with Crippen LogP contribution < -0.4 is 20.2 Å². The summed E-state index contributed by atoms with van der Waals surface area (Å²) in [5, 5.41) is 8.02. The predicted molar refractivity (Wildman–Crippen MR) is 122 cm³/mol. The van der Waals surface area contributed by atoms with Crippen molar-refractivity contribution in [1.29, 1.82) is 0 Å². The van der Waals surface area contributed by atoms with Crippen LogP contribution in [0.5, 0.6) is 11.5 Å². The Bertz CT molecular complexity index is 1210. The molecule has 2 heterocycles. The van der Waals surface area contributed by atoms with Crippen LogP contribution in [0, 0.1) is 12.8 Å². The number of benzene rings is 2. The van der Waals surface area contributed by atoms with E-state index < -0.39 is 6.04 Å². The lowest BCUT2D eigenvalue weighted by Gasteiger charge is -2.20. The fourth-order valence-electron chi connectivity index (χ4n) is 3.74. The molecule has 1 aliphatic rings. The minimum absolute atomic E-state index is 0.131. The molecule has 1 aromatic heterocycles. The van der Waals surface area contributed by atoms with Crippen molar-refractivity contribution in [2.45, 2.75) is 26.8 Å². The number of para-hydroxylation sites is 1. The van der Waals surface area contributed by atoms with Crippen molar-refractivity contribution < 1.29 is 19.1 Å². The molecule has 0 radical (unpaired) electrons. The molecule has 4 rings (SSSR count). The van der Waals surface area contributed by atoms with Crippen molar-refractivity contribution in [2.24, 2.45) is 18.1 Å². The van der Waals surface area contributed by atoms with E-state index in [1.807, 2.05) is 52.1 Å². The number of nitrogens with zero attached hydrogens (tertiary/aromatic N) is 2. The van der Waals surface area contributed by atoms with Gasteiger partial charge in [-0.3, -0.25) is 9.59 Å². The maximum atomic E-state index is 12.8. The molecular formula is C24H26N4O4. The second-order valence-corrected chi connectivity index (χ2v) is 8.07. The van der Waals surface area contributed by atoms with Crippen LogP contribution in [0.4, 0.5) is 0 Å². The van der Waals surface area contributed by atoms with Crippen LogP contribution in [0.3, 0.4) is 0 Å². The van der Waals surface area contributed by atoms with Crippen LogP contribution in [-0.4, -0.2) is 35.4 Å². The number of hydrazone groups is 1. The summed E-state index contributed by atoms with van der Waals surface area (Å²) in [5.74, 6) is 0.215. The molecule has 8 nitrogen and oxygen atoms in total. The maximum Gasteiger partial charge on any atom is 0.262 e. The third-order valence-electron chi connectivity index (χ3n) is 5.69. The molecule has 2 aromatic carbocycles. The smallest absolute Gasteiger partial charge is 0.262 e. The number of aryl methyl sites for hydroxylation is 1. The molecule has 0 saturated heterocycles. The number of hydrogen-bond acceptors (Lipinski definition) is 5. The quantitative estimate of drug-likeness (QED) is 0.460. The van der Waals surface area contributed by atoms with Crippen molar-refractivity contribution in [1.82, 2.24) is 15.3 Å². The predicted octanol–water partition coefficient (Wildman–Crippen LogP) is 3.12. The van der Waals surface area contributed by atoms with E-state index >= 15 is 0 Å². The number of rotatable bonds is 6. The maximum absolute atomic E-state index is 12.8. The second-order valence-electron chi connectivity index (χ2n) is 8.07. The summed E-state index contributed by atoms with van der Waals surface area (Å²) in [7, 11) is 1.99. The monoisotopic (exact) mass is 434 g/mol. The van der Waals surface area contributed by atoms with Crippen LogP contribution in [0.2, 0.25) is 0 Å². The highest BCUT2D eigenvalue weighted by Gasteiger charge is 2.25. The first-order valence-electron chi connectivity index (χ1n) is 10.4. The van der Waals surface area contributed by atoms with Crippen molar-refractivity contribution >= 4 is 28.9 Å². The fraction of sp³-hybridized carbons (Fsp3) is 0.292. The Hall–Kier alpha value is -3.81. The first-order chi connectivity index (χ1) is 15.4. The highest BCUT2D eigenvalue weighted by atomic mass is 16.7. The summed E-state index contributed by atoms with van der Waals surface area (Å²) >= 11 is 0. The summed E-state index contributed by atoms with van der Waals surface area (Å²) < 4.78 is 12.7. The van der Waals surface area contributed by atoms with Crippen molar-refractivity contribution in [3.63, 3.8) is 0 Å². The van der Waals surface area contributed by atoms with Gasteiger partial charge in [0.15, 0.2) is 11.5 Å². The lowest BCUT2D eigenvalue weighted by molar-refractivity contribution is -0.123. The zero-order chi connectivity index (χ0) is 22.8. The number of ether oxygens (including phenoxy) is 2. The average molecular weight is 434 g/mol. The lowest BCUT2D eigenvalue weighted by Crippen LogP contribution is -2.48. The van der Waals surface area contributed by atoms with Gasteiger partial charge < -0.3 is 19.4 Å². The molecule has 1 atom stereocenters. The Labute approximate surface area is 186 Å². The molecule has 0 unspecified atom stereocenters. The Morgan fingerprint density at radius 1 is 1.12 bits per heavy atom. The number of amides is 2. The number of carbonyl (C=O) groups excluding carboxylic acids is 2. The van der Waals surface area contributed by atoms with Crippen molar-refractivity contribution in [2.75, 3.05) is 6.79 Å². The molecular weight excluding hydrogens is 408 g/mol. The van der Waals surface area contributed by atoms with Gasteiger partial charge >= 0.3 is 0 Å². The van der Waals surface area contributed by atoms with E-state index in [9.17, 15) is 9.59 Å². The summed E-state index contributed by atoms with van der Waals surface area (Å²) in [6, 6.07) is 12.2. The van der Waals surface area contributed by atoms with Gasteiger partial charge in [-0.15, -0.1) is 0 Å². The third-order valence-corrected chi connectivity index (χ3v) is 5.69. The van der Waals surface area contributed by atoms with E-state index in [0.717, 1.165) is 22.2 Å². The van der Waals surface area contributed by atoms with Crippen LogP contribution >= 0.6 is 0 Å². The molecule has 1 aliphatic heterocycles. The third kappa shape index (κ3) is 4.03. The van der Waals surface area contributed by atoms with E-state index in [1.54, 1.807) is 24.4 Å². The Morgan fingerprint density at radius 3 is 2.66 bits per heavy atom. The van der Waals surface area contributed by atoms with Gasteiger partial charge in [0, 0.05) is 34.8 Å². The van der Waals surface area contributed by atoms with E-state index in [0.29, 0.717) is 17.1 Å². The number of carbonyl (C=O) groups is 2. The van der Waals surface area contributed by atoms with E-state index in [1.165, 1.54) is 0 Å². The van der Waals surface area contributed by atoms with Gasteiger partial charge in [-0.1, -0.05) is 32.0 Å². The van der Waals surface area contributed by atoms with Crippen LogP contribution in [0.1, 0.15) is 35.5 Å². The van der Waals surface area contributed by atoms with Gasteiger partial charge in [0.05, 0.1) is 6.21 Å². The molecule has 2 amide bonds. The van der Waals surface area contributed by atoms with Crippen molar-refractivity contribution in [3.05, 3.63) is 59.3 Å². The zero-order valence-electron chi connectivity index (χ0n) is 18.5. The van der Waals surface area contributed by atoms with Crippen molar-refractivity contribution in [3.8, 4) is 11.5 Å². The number of nitrogens with one attached hydrogen (secondary N) is 2. The van der Waals surface area contributed by atoms with Gasteiger partial charge in [0.2, 0.25) is 6.79 Å². The van der Waals surface area contributed by atoms with Crippen LogP contribution in [0.15, 0.2) is 47.6 Å². The Kier molecular flexibility index (Phi) is 5.85. The summed E-state index contributed by atoms with van der Waals surface area (Å²) in [4.78, 5) is 25.5. The molecule has 0 saturated carbocycles. The average Bonchev–Trinajstić information content (AvgIpc) is 3.35. The van der Waals surface area contributed by atoms with Gasteiger partial charge in [-0.25, -0.2) is 5.43 Å². The topological polar surface area (TPSA) is 94.0 Å².